The molecule has 0 bridgehead atoms. The number of aldehydes is 1. The van der Waals surface area contributed by atoms with Crippen molar-refractivity contribution >= 4 is 12.2 Å². The smallest absolute Gasteiger partial charge is 0.253 e. The predicted octanol–water partition coefficient (Wildman–Crippen LogP) is 1.10. The third-order valence-electron chi connectivity index (χ3n) is 2.98. The third-order valence-corrected chi connectivity index (χ3v) is 2.98. The molecule has 1 aliphatic heterocycles. The van der Waals surface area contributed by atoms with Crippen molar-refractivity contribution < 1.29 is 14.7 Å². The Labute approximate surface area is 99.9 Å². The number of carbonyl (C=O) groups excluding carboxylic acids is 2. The number of benzene rings is 1. The van der Waals surface area contributed by atoms with E-state index < -0.39 is 6.10 Å². The number of hydrogen-bond acceptors (Lipinski definition) is 3. The van der Waals surface area contributed by atoms with Crippen molar-refractivity contribution in [3.05, 3.63) is 35.4 Å². The predicted molar refractivity (Wildman–Crippen MR) is 63.0 cm³/mol. The highest BCUT2D eigenvalue weighted by Crippen LogP contribution is 2.14. The number of hydrogen-bond donors (Lipinski definition) is 1. The Balaban J connectivity index is 2.10. The summed E-state index contributed by atoms with van der Waals surface area (Å²) in [5.41, 5.74) is 1.12. The average Bonchev–Trinajstić information content (AvgIpc) is 2.38. The van der Waals surface area contributed by atoms with Gasteiger partial charge in [-0.25, -0.2) is 0 Å². The topological polar surface area (TPSA) is 57.6 Å². The molecule has 0 aromatic heterocycles. The van der Waals surface area contributed by atoms with Crippen LogP contribution in [0.1, 0.15) is 33.6 Å². The van der Waals surface area contributed by atoms with Gasteiger partial charge in [0.25, 0.3) is 5.91 Å². The van der Waals surface area contributed by atoms with E-state index in [4.69, 9.17) is 0 Å². The van der Waals surface area contributed by atoms with Gasteiger partial charge < -0.3 is 10.0 Å². The number of nitrogens with zero attached hydrogens (tertiary/aromatic N) is 1. The first-order valence-electron chi connectivity index (χ1n) is 5.73. The van der Waals surface area contributed by atoms with Gasteiger partial charge in [0.2, 0.25) is 0 Å². The highest BCUT2D eigenvalue weighted by atomic mass is 16.3. The minimum absolute atomic E-state index is 0.0822. The Morgan fingerprint density at radius 1 is 1.35 bits per heavy atom. The minimum atomic E-state index is -0.415. The van der Waals surface area contributed by atoms with Gasteiger partial charge >= 0.3 is 0 Å². The van der Waals surface area contributed by atoms with Gasteiger partial charge in [0.1, 0.15) is 6.29 Å². The lowest BCUT2D eigenvalue weighted by Gasteiger charge is -2.30. The molecular formula is C13H15NO3. The number of piperidine rings is 1. The van der Waals surface area contributed by atoms with Crippen molar-refractivity contribution in [2.45, 2.75) is 18.9 Å². The van der Waals surface area contributed by atoms with E-state index in [9.17, 15) is 14.7 Å². The fourth-order valence-electron chi connectivity index (χ4n) is 2.03. The molecule has 1 aliphatic rings. The fourth-order valence-corrected chi connectivity index (χ4v) is 2.03. The molecule has 1 aromatic rings. The standard InChI is InChI=1S/C13H15NO3/c15-9-10-3-5-11(6-4-10)13(17)14-7-1-2-12(16)8-14/h3-6,9,12,16H,1-2,7-8H2/t12-/m0/s1. The van der Waals surface area contributed by atoms with E-state index in [0.29, 0.717) is 24.2 Å². The summed E-state index contributed by atoms with van der Waals surface area (Å²) < 4.78 is 0. The Hall–Kier alpha value is -1.68. The molecular weight excluding hydrogens is 218 g/mol. The van der Waals surface area contributed by atoms with Crippen LogP contribution in [0.15, 0.2) is 24.3 Å². The van der Waals surface area contributed by atoms with Gasteiger partial charge in [-0.3, -0.25) is 9.59 Å². The molecule has 0 aliphatic carbocycles. The number of aliphatic hydroxyl groups excluding tert-OH is 1. The van der Waals surface area contributed by atoms with Gasteiger partial charge in [0, 0.05) is 24.2 Å². The molecule has 2 rings (SSSR count). The van der Waals surface area contributed by atoms with Gasteiger partial charge in [0.05, 0.1) is 6.10 Å². The van der Waals surface area contributed by atoms with E-state index in [-0.39, 0.29) is 5.91 Å². The minimum Gasteiger partial charge on any atom is -0.391 e. The van der Waals surface area contributed by atoms with Crippen molar-refractivity contribution in [3.63, 3.8) is 0 Å². The molecule has 4 nitrogen and oxygen atoms in total. The Morgan fingerprint density at radius 3 is 2.65 bits per heavy atom. The molecule has 1 amide bonds. The molecule has 90 valence electrons. The second-order valence-electron chi connectivity index (χ2n) is 4.29. The van der Waals surface area contributed by atoms with Gasteiger partial charge in [-0.1, -0.05) is 12.1 Å². The van der Waals surface area contributed by atoms with E-state index >= 15 is 0 Å². The maximum atomic E-state index is 12.1. The molecule has 4 heteroatoms. The monoisotopic (exact) mass is 233 g/mol. The number of rotatable bonds is 2. The summed E-state index contributed by atoms with van der Waals surface area (Å²) in [6.07, 6.45) is 1.92. The van der Waals surface area contributed by atoms with Crippen LogP contribution in [0, 0.1) is 0 Å². The molecule has 1 atom stereocenters. The zero-order valence-corrected chi connectivity index (χ0v) is 9.50. The van der Waals surface area contributed by atoms with Crippen LogP contribution in [0.2, 0.25) is 0 Å². The van der Waals surface area contributed by atoms with E-state index in [1.807, 2.05) is 0 Å². The van der Waals surface area contributed by atoms with E-state index in [2.05, 4.69) is 0 Å². The van der Waals surface area contributed by atoms with Crippen LogP contribution in [-0.4, -0.2) is 41.4 Å². The average molecular weight is 233 g/mol. The van der Waals surface area contributed by atoms with Crippen LogP contribution >= 0.6 is 0 Å². The second kappa shape index (κ2) is 5.10. The van der Waals surface area contributed by atoms with Crippen molar-refractivity contribution in [1.82, 2.24) is 4.90 Å². The quantitative estimate of drug-likeness (QED) is 0.778. The van der Waals surface area contributed by atoms with Gasteiger partial charge in [0.15, 0.2) is 0 Å². The number of aliphatic hydroxyl groups is 1. The lowest BCUT2D eigenvalue weighted by Crippen LogP contribution is -2.42. The van der Waals surface area contributed by atoms with Gasteiger partial charge in [-0.15, -0.1) is 0 Å². The first-order chi connectivity index (χ1) is 8.20. The lowest BCUT2D eigenvalue weighted by atomic mass is 10.1. The molecule has 17 heavy (non-hydrogen) atoms. The van der Waals surface area contributed by atoms with E-state index in [1.165, 1.54) is 0 Å². The second-order valence-corrected chi connectivity index (χ2v) is 4.29. The van der Waals surface area contributed by atoms with Crippen molar-refractivity contribution in [3.8, 4) is 0 Å². The van der Waals surface area contributed by atoms with Gasteiger partial charge in [-0.05, 0) is 25.0 Å². The molecule has 1 saturated heterocycles. The molecule has 0 saturated carbocycles. The highest BCUT2D eigenvalue weighted by molar-refractivity contribution is 5.95. The molecule has 1 N–H and O–H groups in total. The van der Waals surface area contributed by atoms with Crippen molar-refractivity contribution in [2.75, 3.05) is 13.1 Å². The number of β-amino-alcohol motifs (C(OH)–C–C–N with tert-alkyl or cyclic N) is 1. The Kier molecular flexibility index (Phi) is 3.54. The summed E-state index contributed by atoms with van der Waals surface area (Å²) in [4.78, 5) is 24.2. The largest absolute Gasteiger partial charge is 0.391 e. The summed E-state index contributed by atoms with van der Waals surface area (Å²) in [6.45, 7) is 1.08. The fraction of sp³-hybridized carbons (Fsp3) is 0.385. The zero-order chi connectivity index (χ0) is 12.3. The summed E-state index contributed by atoms with van der Waals surface area (Å²) in [5.74, 6) is -0.0822. The first-order valence-corrected chi connectivity index (χ1v) is 5.73. The summed E-state index contributed by atoms with van der Waals surface area (Å²) in [5, 5.41) is 9.52. The Bertz CT molecular complexity index is 413. The van der Waals surface area contributed by atoms with E-state index in [1.54, 1.807) is 29.2 Å². The number of carbonyl (C=O) groups is 2. The lowest BCUT2D eigenvalue weighted by molar-refractivity contribution is 0.0473. The van der Waals surface area contributed by atoms with Crippen LogP contribution in [-0.2, 0) is 0 Å². The maximum absolute atomic E-state index is 12.1. The molecule has 0 spiro atoms. The van der Waals surface area contributed by atoms with Crippen molar-refractivity contribution in [2.24, 2.45) is 0 Å². The molecule has 0 radical (unpaired) electrons. The normalized spacial score (nSPS) is 20.1. The molecule has 1 heterocycles. The van der Waals surface area contributed by atoms with Crippen LogP contribution in [0.3, 0.4) is 0 Å². The summed E-state index contributed by atoms with van der Waals surface area (Å²) >= 11 is 0. The molecule has 0 unspecified atom stereocenters. The van der Waals surface area contributed by atoms with Crippen LogP contribution in [0.5, 0.6) is 0 Å². The van der Waals surface area contributed by atoms with Crippen molar-refractivity contribution in [1.29, 1.82) is 0 Å². The molecule has 1 fully saturated rings. The number of likely N-dealkylation sites (tertiary alicyclic amines) is 1. The number of amides is 1. The van der Waals surface area contributed by atoms with E-state index in [0.717, 1.165) is 19.1 Å². The SMILES string of the molecule is O=Cc1ccc(C(=O)N2CCC[C@H](O)C2)cc1. The van der Waals surface area contributed by atoms with Gasteiger partial charge in [-0.2, -0.15) is 0 Å². The zero-order valence-electron chi connectivity index (χ0n) is 9.50. The maximum Gasteiger partial charge on any atom is 0.253 e. The Morgan fingerprint density at radius 2 is 2.06 bits per heavy atom. The van der Waals surface area contributed by atoms with Crippen LogP contribution in [0.4, 0.5) is 0 Å². The first kappa shape index (κ1) is 11.8. The van der Waals surface area contributed by atoms with Crippen LogP contribution < -0.4 is 0 Å². The molecule has 1 aromatic carbocycles. The third kappa shape index (κ3) is 2.71. The summed E-state index contributed by atoms with van der Waals surface area (Å²) in [7, 11) is 0. The highest BCUT2D eigenvalue weighted by Gasteiger charge is 2.22. The summed E-state index contributed by atoms with van der Waals surface area (Å²) in [6, 6.07) is 6.54. The van der Waals surface area contributed by atoms with Crippen LogP contribution in [0.25, 0.3) is 0 Å².